The van der Waals surface area contributed by atoms with Gasteiger partial charge in [-0.25, -0.2) is 12.8 Å². The van der Waals surface area contributed by atoms with E-state index in [1.165, 1.54) is 24.3 Å². The van der Waals surface area contributed by atoms with Crippen molar-refractivity contribution in [3.8, 4) is 11.5 Å². The number of benzene rings is 2. The van der Waals surface area contributed by atoms with Gasteiger partial charge >= 0.3 is 5.51 Å². The molecule has 0 aromatic heterocycles. The van der Waals surface area contributed by atoms with Gasteiger partial charge in [-0.1, -0.05) is 6.07 Å². The molecule has 0 saturated heterocycles. The van der Waals surface area contributed by atoms with Crippen molar-refractivity contribution in [2.45, 2.75) is 17.3 Å². The van der Waals surface area contributed by atoms with Crippen LogP contribution < -0.4 is 10.1 Å². The molecule has 0 bridgehead atoms. The molecule has 0 aliphatic heterocycles. The number of alkyl halides is 3. The first-order valence-corrected chi connectivity index (χ1v) is 8.71. The summed E-state index contributed by atoms with van der Waals surface area (Å²) in [5.41, 5.74) is -5.46. The summed E-state index contributed by atoms with van der Waals surface area (Å²) in [5.74, 6) is -2.41. The first-order chi connectivity index (χ1) is 12.1. The monoisotopic (exact) mass is 391 g/mol. The van der Waals surface area contributed by atoms with Crippen LogP contribution in [0, 0.1) is 5.82 Å². The second-order valence-corrected chi connectivity index (χ2v) is 6.94. The minimum Gasteiger partial charge on any atom is -0.456 e. The van der Waals surface area contributed by atoms with Crippen molar-refractivity contribution in [3.63, 3.8) is 0 Å². The number of ether oxygens (including phenoxy) is 1. The zero-order chi connectivity index (χ0) is 19.5. The molecular formula is C16H13F4NO4S. The van der Waals surface area contributed by atoms with Crippen molar-refractivity contribution in [1.82, 2.24) is 5.32 Å². The molecule has 0 spiro atoms. The van der Waals surface area contributed by atoms with Gasteiger partial charge in [-0.3, -0.25) is 4.79 Å². The Balaban J connectivity index is 2.46. The fourth-order valence-electron chi connectivity index (χ4n) is 1.99. The molecule has 140 valence electrons. The maximum absolute atomic E-state index is 13.3. The molecule has 0 aliphatic rings. The van der Waals surface area contributed by atoms with Gasteiger partial charge in [0.1, 0.15) is 22.2 Å². The largest absolute Gasteiger partial charge is 0.502 e. The number of sulfone groups is 1. The van der Waals surface area contributed by atoms with E-state index in [-0.39, 0.29) is 17.4 Å². The van der Waals surface area contributed by atoms with E-state index in [2.05, 4.69) is 5.32 Å². The third-order valence-corrected chi connectivity index (χ3v) is 4.67. The predicted molar refractivity (Wildman–Crippen MR) is 84.2 cm³/mol. The smallest absolute Gasteiger partial charge is 0.456 e. The highest BCUT2D eigenvalue weighted by Crippen LogP contribution is 2.37. The molecule has 0 radical (unpaired) electrons. The Morgan fingerprint density at radius 2 is 1.85 bits per heavy atom. The van der Waals surface area contributed by atoms with Crippen LogP contribution in [-0.4, -0.2) is 26.4 Å². The Hall–Kier alpha value is -2.62. The normalized spacial score (nSPS) is 11.9. The van der Waals surface area contributed by atoms with Crippen LogP contribution in [0.4, 0.5) is 17.6 Å². The average molecular weight is 391 g/mol. The number of halogens is 4. The Kier molecular flexibility index (Phi) is 5.55. The van der Waals surface area contributed by atoms with Crippen molar-refractivity contribution in [3.05, 3.63) is 53.8 Å². The van der Waals surface area contributed by atoms with Crippen LogP contribution >= 0.6 is 0 Å². The van der Waals surface area contributed by atoms with Gasteiger partial charge in [0.2, 0.25) is 0 Å². The zero-order valence-corrected chi connectivity index (χ0v) is 14.1. The van der Waals surface area contributed by atoms with Crippen LogP contribution in [0.5, 0.6) is 11.5 Å². The Bertz CT molecular complexity index is 926. The number of rotatable bonds is 5. The number of nitrogens with one attached hydrogen (secondary N) is 1. The number of hydrogen-bond acceptors (Lipinski definition) is 4. The van der Waals surface area contributed by atoms with Gasteiger partial charge in [0.15, 0.2) is 0 Å². The summed E-state index contributed by atoms with van der Waals surface area (Å²) in [6.07, 6.45) is 0. The van der Waals surface area contributed by atoms with E-state index in [9.17, 15) is 30.8 Å². The molecule has 1 N–H and O–H groups in total. The summed E-state index contributed by atoms with van der Waals surface area (Å²) in [4.78, 5) is 10.4. The highest BCUT2D eigenvalue weighted by molar-refractivity contribution is 7.92. The Morgan fingerprint density at radius 3 is 2.46 bits per heavy atom. The highest BCUT2D eigenvalue weighted by Gasteiger charge is 2.48. The maximum Gasteiger partial charge on any atom is 0.502 e. The van der Waals surface area contributed by atoms with Gasteiger partial charge in [0, 0.05) is 12.1 Å². The van der Waals surface area contributed by atoms with Gasteiger partial charge in [-0.05, 0) is 43.3 Å². The van der Waals surface area contributed by atoms with Gasteiger partial charge in [0.25, 0.3) is 15.7 Å². The number of amides is 1. The van der Waals surface area contributed by atoms with E-state index in [4.69, 9.17) is 4.74 Å². The molecule has 5 nitrogen and oxygen atoms in total. The minimum atomic E-state index is -5.83. The SMILES string of the molecule is CCNC(=O)c1cccc(Oc2ccc(F)cc2S(=O)(=O)C(F)(F)F)c1. The molecule has 0 aliphatic carbocycles. The summed E-state index contributed by atoms with van der Waals surface area (Å²) < 4.78 is 80.2. The highest BCUT2D eigenvalue weighted by atomic mass is 32.2. The fourth-order valence-corrected chi connectivity index (χ4v) is 2.88. The fraction of sp³-hybridized carbons (Fsp3) is 0.188. The van der Waals surface area contributed by atoms with Crippen molar-refractivity contribution in [1.29, 1.82) is 0 Å². The molecule has 2 aromatic rings. The summed E-state index contributed by atoms with van der Waals surface area (Å²) in [6, 6.07) is 7.14. The maximum atomic E-state index is 13.3. The third-order valence-electron chi connectivity index (χ3n) is 3.16. The lowest BCUT2D eigenvalue weighted by molar-refractivity contribution is -0.0437. The van der Waals surface area contributed by atoms with E-state index in [0.29, 0.717) is 6.54 Å². The lowest BCUT2D eigenvalue weighted by atomic mass is 10.2. The molecule has 2 aromatic carbocycles. The number of carbonyl (C=O) groups is 1. The zero-order valence-electron chi connectivity index (χ0n) is 13.3. The van der Waals surface area contributed by atoms with E-state index in [1.54, 1.807) is 6.92 Å². The lowest BCUT2D eigenvalue weighted by Gasteiger charge is -2.14. The predicted octanol–water partition coefficient (Wildman–Crippen LogP) is 3.66. The van der Waals surface area contributed by atoms with Crippen LogP contribution in [0.2, 0.25) is 0 Å². The molecule has 0 saturated carbocycles. The van der Waals surface area contributed by atoms with Gasteiger partial charge < -0.3 is 10.1 Å². The minimum absolute atomic E-state index is 0.0843. The molecule has 26 heavy (non-hydrogen) atoms. The molecule has 0 fully saturated rings. The number of carbonyl (C=O) groups excluding carboxylic acids is 1. The quantitative estimate of drug-likeness (QED) is 0.790. The molecule has 10 heteroatoms. The second-order valence-electron chi connectivity index (χ2n) is 5.03. The van der Waals surface area contributed by atoms with Crippen molar-refractivity contribution >= 4 is 15.7 Å². The van der Waals surface area contributed by atoms with Crippen LogP contribution in [0.25, 0.3) is 0 Å². The summed E-state index contributed by atoms with van der Waals surface area (Å²) >= 11 is 0. The van der Waals surface area contributed by atoms with E-state index >= 15 is 0 Å². The Morgan fingerprint density at radius 1 is 1.15 bits per heavy atom. The summed E-state index contributed by atoms with van der Waals surface area (Å²) in [7, 11) is -5.83. The van der Waals surface area contributed by atoms with Crippen LogP contribution in [0.1, 0.15) is 17.3 Å². The van der Waals surface area contributed by atoms with E-state index in [1.807, 2.05) is 0 Å². The van der Waals surface area contributed by atoms with Gasteiger partial charge in [0.05, 0.1) is 0 Å². The lowest BCUT2D eigenvalue weighted by Crippen LogP contribution is -2.24. The topological polar surface area (TPSA) is 72.5 Å². The second kappa shape index (κ2) is 7.32. The van der Waals surface area contributed by atoms with Crippen LogP contribution in [0.3, 0.4) is 0 Å². The summed E-state index contributed by atoms with van der Waals surface area (Å²) in [6.45, 7) is 2.06. The molecular weight excluding hydrogens is 378 g/mol. The first-order valence-electron chi connectivity index (χ1n) is 7.23. The molecule has 0 heterocycles. The first kappa shape index (κ1) is 19.7. The Labute approximate surface area is 146 Å². The third kappa shape index (κ3) is 4.13. The van der Waals surface area contributed by atoms with Crippen LogP contribution in [-0.2, 0) is 9.84 Å². The average Bonchev–Trinajstić information content (AvgIpc) is 2.56. The van der Waals surface area contributed by atoms with Gasteiger partial charge in [-0.15, -0.1) is 0 Å². The van der Waals surface area contributed by atoms with E-state index in [0.717, 1.165) is 12.1 Å². The standard InChI is InChI=1S/C16H13F4NO4S/c1-2-21-15(22)10-4-3-5-12(8-10)25-13-7-6-11(17)9-14(13)26(23,24)16(18,19)20/h3-9H,2H2,1H3,(H,21,22). The number of hydrogen-bond donors (Lipinski definition) is 1. The van der Waals surface area contributed by atoms with E-state index < -0.39 is 37.7 Å². The molecule has 1 amide bonds. The molecule has 0 unspecified atom stereocenters. The summed E-state index contributed by atoms with van der Waals surface area (Å²) in [5, 5.41) is 2.53. The van der Waals surface area contributed by atoms with Crippen LogP contribution in [0.15, 0.2) is 47.4 Å². The van der Waals surface area contributed by atoms with Crippen molar-refractivity contribution in [2.75, 3.05) is 6.54 Å². The molecule has 0 atom stereocenters. The van der Waals surface area contributed by atoms with Gasteiger partial charge in [-0.2, -0.15) is 13.2 Å². The van der Waals surface area contributed by atoms with Crippen molar-refractivity contribution < 1.29 is 35.5 Å². The van der Waals surface area contributed by atoms with Crippen molar-refractivity contribution in [2.24, 2.45) is 0 Å². The molecule has 2 rings (SSSR count).